The van der Waals surface area contributed by atoms with E-state index in [0.717, 1.165) is 25.7 Å². The van der Waals surface area contributed by atoms with Crippen LogP contribution in [0.5, 0.6) is 0 Å². The quantitative estimate of drug-likeness (QED) is 0.582. The number of rotatable bonds is 3. The highest BCUT2D eigenvalue weighted by molar-refractivity contribution is 5.15. The third-order valence-electron chi connectivity index (χ3n) is 2.11. The Bertz CT molecular complexity index is 168. The van der Waals surface area contributed by atoms with Gasteiger partial charge in [0.1, 0.15) is 5.83 Å². The van der Waals surface area contributed by atoms with E-state index >= 15 is 0 Å². The fourth-order valence-corrected chi connectivity index (χ4v) is 1.36. The first-order valence-electron chi connectivity index (χ1n) is 4.36. The summed E-state index contributed by atoms with van der Waals surface area (Å²) in [6.07, 6.45) is 9.63. The van der Waals surface area contributed by atoms with Gasteiger partial charge in [-0.15, -0.1) is 0 Å². The van der Waals surface area contributed by atoms with E-state index in [1.54, 1.807) is 12.2 Å². The van der Waals surface area contributed by atoms with Crippen LogP contribution in [0.1, 0.15) is 32.6 Å². The zero-order chi connectivity index (χ0) is 8.10. The van der Waals surface area contributed by atoms with Crippen LogP contribution in [0.2, 0.25) is 0 Å². The van der Waals surface area contributed by atoms with E-state index < -0.39 is 0 Å². The summed E-state index contributed by atoms with van der Waals surface area (Å²) in [6, 6.07) is 0. The topological polar surface area (TPSA) is 0 Å². The van der Waals surface area contributed by atoms with Crippen molar-refractivity contribution in [2.24, 2.45) is 5.92 Å². The van der Waals surface area contributed by atoms with Crippen molar-refractivity contribution in [1.29, 1.82) is 0 Å². The Morgan fingerprint density at radius 2 is 2.45 bits per heavy atom. The van der Waals surface area contributed by atoms with E-state index in [1.165, 1.54) is 0 Å². The van der Waals surface area contributed by atoms with Gasteiger partial charge in [-0.25, -0.2) is 4.39 Å². The van der Waals surface area contributed by atoms with Gasteiger partial charge in [-0.1, -0.05) is 31.9 Å². The van der Waals surface area contributed by atoms with Crippen LogP contribution < -0.4 is 0 Å². The van der Waals surface area contributed by atoms with Crippen LogP contribution in [-0.2, 0) is 0 Å². The van der Waals surface area contributed by atoms with Crippen molar-refractivity contribution in [2.45, 2.75) is 32.6 Å². The lowest BCUT2D eigenvalue weighted by atomic mass is 9.94. The maximum Gasteiger partial charge on any atom is 0.103 e. The number of unbranched alkanes of at least 4 members (excludes halogenated alkanes) is 1. The molecule has 0 heterocycles. The normalized spacial score (nSPS) is 23.5. The van der Waals surface area contributed by atoms with E-state index in [1.807, 2.05) is 6.08 Å². The minimum absolute atomic E-state index is 0.0703. The van der Waals surface area contributed by atoms with Gasteiger partial charge >= 0.3 is 0 Å². The van der Waals surface area contributed by atoms with Crippen LogP contribution >= 0.6 is 0 Å². The standard InChI is InChI=1S/C10H15F/c1-2-3-6-9-7-4-5-8-10(9)11/h4-5,8-9H,2-3,6-7H2,1H3. The van der Waals surface area contributed by atoms with Gasteiger partial charge in [0.05, 0.1) is 0 Å². The van der Waals surface area contributed by atoms with Crippen molar-refractivity contribution in [3.05, 3.63) is 24.1 Å². The first kappa shape index (κ1) is 8.51. The minimum atomic E-state index is 0.0703. The fraction of sp³-hybridized carbons (Fsp3) is 0.600. The summed E-state index contributed by atoms with van der Waals surface area (Å²) in [5, 5.41) is 0. The van der Waals surface area contributed by atoms with Gasteiger partial charge in [0.2, 0.25) is 0 Å². The molecule has 0 aromatic carbocycles. The number of allylic oxidation sites excluding steroid dienone is 4. The highest BCUT2D eigenvalue weighted by atomic mass is 19.1. The third kappa shape index (κ3) is 2.49. The zero-order valence-electron chi connectivity index (χ0n) is 7.02. The molecule has 1 aliphatic carbocycles. The Hall–Kier alpha value is -0.590. The Morgan fingerprint density at radius 3 is 3.09 bits per heavy atom. The van der Waals surface area contributed by atoms with Crippen molar-refractivity contribution in [2.75, 3.05) is 0 Å². The number of halogens is 1. The summed E-state index contributed by atoms with van der Waals surface area (Å²) < 4.78 is 13.0. The minimum Gasteiger partial charge on any atom is -0.212 e. The molecule has 0 saturated heterocycles. The highest BCUT2D eigenvalue weighted by Gasteiger charge is 2.13. The molecular formula is C10H15F. The van der Waals surface area contributed by atoms with Gasteiger partial charge in [-0.3, -0.25) is 0 Å². The lowest BCUT2D eigenvalue weighted by Crippen LogP contribution is -2.02. The van der Waals surface area contributed by atoms with E-state index in [-0.39, 0.29) is 11.7 Å². The van der Waals surface area contributed by atoms with Crippen LogP contribution in [0.25, 0.3) is 0 Å². The smallest absolute Gasteiger partial charge is 0.103 e. The Kier molecular flexibility index (Phi) is 3.34. The molecule has 0 saturated carbocycles. The molecule has 0 bridgehead atoms. The molecule has 0 aliphatic heterocycles. The molecule has 1 heteroatoms. The van der Waals surface area contributed by atoms with Crippen molar-refractivity contribution in [3.8, 4) is 0 Å². The number of hydrogen-bond acceptors (Lipinski definition) is 0. The van der Waals surface area contributed by atoms with Crippen LogP contribution in [0.4, 0.5) is 4.39 Å². The Balaban J connectivity index is 2.35. The van der Waals surface area contributed by atoms with Crippen LogP contribution in [0, 0.1) is 5.92 Å². The van der Waals surface area contributed by atoms with Crippen molar-refractivity contribution in [3.63, 3.8) is 0 Å². The van der Waals surface area contributed by atoms with E-state index in [9.17, 15) is 4.39 Å². The lowest BCUT2D eigenvalue weighted by molar-refractivity contribution is 0.426. The summed E-state index contributed by atoms with van der Waals surface area (Å²) >= 11 is 0. The molecule has 1 atom stereocenters. The van der Waals surface area contributed by atoms with Crippen LogP contribution in [0.3, 0.4) is 0 Å². The molecule has 0 N–H and O–H groups in total. The Morgan fingerprint density at radius 1 is 1.64 bits per heavy atom. The molecule has 62 valence electrons. The highest BCUT2D eigenvalue weighted by Crippen LogP contribution is 2.26. The molecule has 0 amide bonds. The maximum atomic E-state index is 13.0. The summed E-state index contributed by atoms with van der Waals surface area (Å²) in [7, 11) is 0. The van der Waals surface area contributed by atoms with E-state index in [4.69, 9.17) is 0 Å². The largest absolute Gasteiger partial charge is 0.212 e. The predicted octanol–water partition coefficient (Wildman–Crippen LogP) is 3.61. The second kappa shape index (κ2) is 4.32. The van der Waals surface area contributed by atoms with Gasteiger partial charge < -0.3 is 0 Å². The van der Waals surface area contributed by atoms with E-state index in [0.29, 0.717) is 0 Å². The monoisotopic (exact) mass is 154 g/mol. The zero-order valence-corrected chi connectivity index (χ0v) is 7.02. The van der Waals surface area contributed by atoms with Gasteiger partial charge in [0.25, 0.3) is 0 Å². The number of hydrogen-bond donors (Lipinski definition) is 0. The summed E-state index contributed by atoms with van der Waals surface area (Å²) in [4.78, 5) is 0. The molecule has 1 unspecified atom stereocenters. The molecule has 0 aromatic heterocycles. The van der Waals surface area contributed by atoms with Crippen molar-refractivity contribution < 1.29 is 4.39 Å². The lowest BCUT2D eigenvalue weighted by Gasteiger charge is -2.14. The molecule has 1 aliphatic rings. The van der Waals surface area contributed by atoms with Crippen molar-refractivity contribution >= 4 is 0 Å². The molecule has 0 radical (unpaired) electrons. The average molecular weight is 154 g/mol. The molecular weight excluding hydrogens is 139 g/mol. The van der Waals surface area contributed by atoms with Gasteiger partial charge in [-0.05, 0) is 18.9 Å². The van der Waals surface area contributed by atoms with Gasteiger partial charge in [-0.2, -0.15) is 0 Å². The average Bonchev–Trinajstić information content (AvgIpc) is 2.03. The summed E-state index contributed by atoms with van der Waals surface area (Å²) in [5.74, 6) is 0.251. The summed E-state index contributed by atoms with van der Waals surface area (Å²) in [5.41, 5.74) is 0. The molecule has 0 spiro atoms. The molecule has 0 fully saturated rings. The van der Waals surface area contributed by atoms with Gasteiger partial charge in [0.15, 0.2) is 0 Å². The van der Waals surface area contributed by atoms with Crippen molar-refractivity contribution in [1.82, 2.24) is 0 Å². The molecule has 1 rings (SSSR count). The molecule has 11 heavy (non-hydrogen) atoms. The SMILES string of the molecule is CCCCC1CC=CC=C1F. The first-order valence-corrected chi connectivity index (χ1v) is 4.36. The molecule has 0 aromatic rings. The third-order valence-corrected chi connectivity index (χ3v) is 2.11. The fourth-order valence-electron chi connectivity index (χ4n) is 1.36. The van der Waals surface area contributed by atoms with Crippen LogP contribution in [0.15, 0.2) is 24.1 Å². The second-order valence-electron chi connectivity index (χ2n) is 3.05. The summed E-state index contributed by atoms with van der Waals surface area (Å²) in [6.45, 7) is 2.14. The maximum absolute atomic E-state index is 13.0. The van der Waals surface area contributed by atoms with Crippen LogP contribution in [-0.4, -0.2) is 0 Å². The first-order chi connectivity index (χ1) is 5.34. The van der Waals surface area contributed by atoms with E-state index in [2.05, 4.69) is 6.92 Å². The Labute approximate surface area is 67.8 Å². The van der Waals surface area contributed by atoms with Gasteiger partial charge in [0, 0.05) is 5.92 Å². The second-order valence-corrected chi connectivity index (χ2v) is 3.05. The molecule has 0 nitrogen and oxygen atoms in total. The predicted molar refractivity (Wildman–Crippen MR) is 46.0 cm³/mol.